The van der Waals surface area contributed by atoms with Gasteiger partial charge in [-0.3, -0.25) is 4.79 Å². The van der Waals surface area contributed by atoms with Crippen molar-refractivity contribution in [2.24, 2.45) is 0 Å². The molecule has 1 atom stereocenters. The first-order valence-electron chi connectivity index (χ1n) is 6.66. The van der Waals surface area contributed by atoms with Gasteiger partial charge in [-0.1, -0.05) is 30.3 Å². The summed E-state index contributed by atoms with van der Waals surface area (Å²) in [4.78, 5) is 22.5. The minimum Gasteiger partial charge on any atom is -0.381 e. The third-order valence-corrected chi connectivity index (χ3v) is 3.47. The topological polar surface area (TPSA) is 111 Å². The van der Waals surface area contributed by atoms with E-state index in [-0.39, 0.29) is 22.9 Å². The van der Waals surface area contributed by atoms with Gasteiger partial charge in [0.15, 0.2) is 17.4 Å². The van der Waals surface area contributed by atoms with Crippen LogP contribution in [0.2, 0.25) is 0 Å². The molecule has 0 radical (unpaired) electrons. The number of nitrogen functional groups attached to an aromatic ring is 1. The predicted molar refractivity (Wildman–Crippen MR) is 80.4 cm³/mol. The fraction of sp³-hybridized carbons (Fsp3) is 0.214. The maximum atomic E-state index is 12.5. The molecule has 0 aliphatic heterocycles. The van der Waals surface area contributed by atoms with Gasteiger partial charge < -0.3 is 10.6 Å². The highest BCUT2D eigenvalue weighted by molar-refractivity contribution is 6.01. The third-order valence-electron chi connectivity index (χ3n) is 3.47. The van der Waals surface area contributed by atoms with Crippen LogP contribution in [0.25, 0.3) is 11.3 Å². The number of benzene rings is 1. The van der Waals surface area contributed by atoms with Crippen molar-refractivity contribution in [3.63, 3.8) is 0 Å². The molecular weight excluding hydrogens is 284 g/mol. The van der Waals surface area contributed by atoms with Crippen LogP contribution in [0, 0.1) is 0 Å². The van der Waals surface area contributed by atoms with Gasteiger partial charge in [-0.05, 0) is 17.2 Å². The molecule has 0 spiro atoms. The zero-order chi connectivity index (χ0) is 15.7. The number of rotatable bonds is 4. The average molecular weight is 298 g/mol. The molecule has 22 heavy (non-hydrogen) atoms. The molecule has 0 unspecified atom stereocenters. The van der Waals surface area contributed by atoms with Gasteiger partial charge in [-0.25, -0.2) is 14.6 Å². The van der Waals surface area contributed by atoms with Gasteiger partial charge in [0, 0.05) is 12.6 Å². The molecule has 1 aromatic carbocycles. The first-order chi connectivity index (χ1) is 10.6. The number of carbonyl (C=O) groups is 1. The van der Waals surface area contributed by atoms with Crippen molar-refractivity contribution < 1.29 is 9.42 Å². The molecule has 2 aromatic heterocycles. The number of hydrogen-bond acceptors (Lipinski definition) is 8. The Bertz CT molecular complexity index is 817. The van der Waals surface area contributed by atoms with Crippen LogP contribution in [0.15, 0.2) is 35.0 Å². The lowest BCUT2D eigenvalue weighted by atomic mass is 10.0. The Labute approximate surface area is 125 Å². The Morgan fingerprint density at radius 3 is 2.50 bits per heavy atom. The second-order valence-corrected chi connectivity index (χ2v) is 4.86. The Balaban J connectivity index is 1.92. The van der Waals surface area contributed by atoms with E-state index >= 15 is 0 Å². The number of ketones is 1. The van der Waals surface area contributed by atoms with Crippen LogP contribution in [0.1, 0.15) is 17.3 Å². The first kappa shape index (κ1) is 13.9. The van der Waals surface area contributed by atoms with Crippen LogP contribution >= 0.6 is 0 Å². The van der Waals surface area contributed by atoms with Crippen LogP contribution in [0.3, 0.4) is 0 Å². The summed E-state index contributed by atoms with van der Waals surface area (Å²) in [5, 5.41) is 7.22. The standard InChI is InChI=1S/C14H14N6O2/c1-8(10(21)9-6-4-3-5-7-9)20(2)14-11(15)16-12-13(17-14)19-22-18-12/h3-8H,1-2H3,(H2,15,16,18)/t8-/m0/s1. The van der Waals surface area contributed by atoms with E-state index < -0.39 is 6.04 Å². The monoisotopic (exact) mass is 298 g/mol. The average Bonchev–Trinajstić information content (AvgIpc) is 3.00. The van der Waals surface area contributed by atoms with E-state index in [0.29, 0.717) is 11.4 Å². The van der Waals surface area contributed by atoms with Gasteiger partial charge in [0.2, 0.25) is 11.3 Å². The summed E-state index contributed by atoms with van der Waals surface area (Å²) >= 11 is 0. The smallest absolute Gasteiger partial charge is 0.245 e. The van der Waals surface area contributed by atoms with Crippen molar-refractivity contribution in [2.45, 2.75) is 13.0 Å². The Morgan fingerprint density at radius 1 is 1.18 bits per heavy atom. The molecule has 0 aliphatic rings. The summed E-state index contributed by atoms with van der Waals surface area (Å²) in [5.41, 5.74) is 6.99. The lowest BCUT2D eigenvalue weighted by molar-refractivity contribution is 0.0966. The maximum Gasteiger partial charge on any atom is 0.245 e. The lowest BCUT2D eigenvalue weighted by Gasteiger charge is -2.25. The molecule has 0 aliphatic carbocycles. The Kier molecular flexibility index (Phi) is 3.42. The summed E-state index contributed by atoms with van der Waals surface area (Å²) in [6.45, 7) is 1.78. The van der Waals surface area contributed by atoms with Gasteiger partial charge in [-0.2, -0.15) is 0 Å². The number of anilines is 2. The minimum absolute atomic E-state index is 0.0392. The van der Waals surface area contributed by atoms with Gasteiger partial charge in [-0.15, -0.1) is 0 Å². The SMILES string of the molecule is C[C@@H](C(=O)c1ccccc1)N(C)c1nc2nonc2nc1N. The van der Waals surface area contributed by atoms with Crippen LogP contribution in [-0.4, -0.2) is 39.2 Å². The molecule has 0 saturated heterocycles. The van der Waals surface area contributed by atoms with Gasteiger partial charge in [0.1, 0.15) is 0 Å². The van der Waals surface area contributed by atoms with Crippen LogP contribution in [-0.2, 0) is 0 Å². The van der Waals surface area contributed by atoms with E-state index in [9.17, 15) is 4.79 Å². The van der Waals surface area contributed by atoms with Crippen molar-refractivity contribution in [1.29, 1.82) is 0 Å². The van der Waals surface area contributed by atoms with Gasteiger partial charge in [0.25, 0.3) is 0 Å². The molecule has 0 fully saturated rings. The highest BCUT2D eigenvalue weighted by Gasteiger charge is 2.23. The molecular formula is C14H14N6O2. The number of nitrogens with two attached hydrogens (primary N) is 1. The fourth-order valence-electron chi connectivity index (χ4n) is 2.10. The molecule has 8 nitrogen and oxygen atoms in total. The largest absolute Gasteiger partial charge is 0.381 e. The highest BCUT2D eigenvalue weighted by atomic mass is 16.6. The van der Waals surface area contributed by atoms with E-state index in [2.05, 4.69) is 24.9 Å². The summed E-state index contributed by atoms with van der Waals surface area (Å²) in [7, 11) is 1.73. The summed E-state index contributed by atoms with van der Waals surface area (Å²) in [6, 6.07) is 8.58. The minimum atomic E-state index is -0.462. The van der Waals surface area contributed by atoms with Gasteiger partial charge in [0.05, 0.1) is 6.04 Å². The number of nitrogens with zero attached hydrogens (tertiary/aromatic N) is 5. The first-order valence-corrected chi connectivity index (χ1v) is 6.66. The van der Waals surface area contributed by atoms with Crippen LogP contribution in [0.4, 0.5) is 11.6 Å². The predicted octanol–water partition coefficient (Wildman–Crippen LogP) is 1.30. The molecule has 3 rings (SSSR count). The Hall–Kier alpha value is -3.03. The molecule has 3 aromatic rings. The molecule has 8 heteroatoms. The van der Waals surface area contributed by atoms with E-state index in [1.165, 1.54) is 0 Å². The van der Waals surface area contributed by atoms with Crippen molar-refractivity contribution in [3.05, 3.63) is 35.9 Å². The van der Waals surface area contributed by atoms with E-state index in [1.54, 1.807) is 31.0 Å². The molecule has 2 N–H and O–H groups in total. The van der Waals surface area contributed by atoms with E-state index in [0.717, 1.165) is 0 Å². The normalized spacial score (nSPS) is 12.3. The molecule has 2 heterocycles. The lowest BCUT2D eigenvalue weighted by Crippen LogP contribution is -2.37. The molecule has 112 valence electrons. The van der Waals surface area contributed by atoms with Crippen molar-refractivity contribution in [3.8, 4) is 0 Å². The molecule has 0 saturated carbocycles. The third kappa shape index (κ3) is 2.34. The zero-order valence-corrected chi connectivity index (χ0v) is 12.1. The second-order valence-electron chi connectivity index (χ2n) is 4.86. The Morgan fingerprint density at radius 2 is 1.82 bits per heavy atom. The summed E-state index contributed by atoms with van der Waals surface area (Å²) in [6.07, 6.45) is 0. The summed E-state index contributed by atoms with van der Waals surface area (Å²) in [5.74, 6) is 0.487. The fourth-order valence-corrected chi connectivity index (χ4v) is 2.10. The highest BCUT2D eigenvalue weighted by Crippen LogP contribution is 2.22. The van der Waals surface area contributed by atoms with Crippen LogP contribution < -0.4 is 10.6 Å². The number of likely N-dealkylation sites (N-methyl/N-ethyl adjacent to an activating group) is 1. The number of Topliss-reactive ketones (excluding diaryl/α,β-unsaturated/α-hetero) is 1. The number of aromatic nitrogens is 4. The van der Waals surface area contributed by atoms with E-state index in [1.807, 2.05) is 18.2 Å². The second kappa shape index (κ2) is 5.40. The molecule has 0 bridgehead atoms. The number of fused-ring (bicyclic) bond motifs is 1. The number of hydrogen-bond donors (Lipinski definition) is 1. The van der Waals surface area contributed by atoms with Crippen molar-refractivity contribution in [2.75, 3.05) is 17.7 Å². The quantitative estimate of drug-likeness (QED) is 0.717. The van der Waals surface area contributed by atoms with Crippen LogP contribution in [0.5, 0.6) is 0 Å². The van der Waals surface area contributed by atoms with Crippen molar-refractivity contribution in [1.82, 2.24) is 20.3 Å². The summed E-state index contributed by atoms with van der Waals surface area (Å²) < 4.78 is 4.57. The number of carbonyl (C=O) groups excluding carboxylic acids is 1. The zero-order valence-electron chi connectivity index (χ0n) is 12.1. The van der Waals surface area contributed by atoms with Crippen molar-refractivity contribution >= 4 is 28.7 Å². The maximum absolute atomic E-state index is 12.5. The van der Waals surface area contributed by atoms with Gasteiger partial charge >= 0.3 is 0 Å². The molecule has 0 amide bonds. The van der Waals surface area contributed by atoms with E-state index in [4.69, 9.17) is 5.73 Å².